The molecule has 1 amide bonds. The highest BCUT2D eigenvalue weighted by Gasteiger charge is 2.18. The van der Waals surface area contributed by atoms with E-state index in [1.807, 2.05) is 11.6 Å². The number of aromatic nitrogens is 2. The Kier molecular flexibility index (Phi) is 5.06. The van der Waals surface area contributed by atoms with Crippen LogP contribution in [0.5, 0.6) is 11.5 Å². The fourth-order valence-electron chi connectivity index (χ4n) is 3.14. The fourth-order valence-corrected chi connectivity index (χ4v) is 3.14. The van der Waals surface area contributed by atoms with Gasteiger partial charge in [-0.3, -0.25) is 9.48 Å². The van der Waals surface area contributed by atoms with E-state index < -0.39 is 0 Å². The summed E-state index contributed by atoms with van der Waals surface area (Å²) in [4.78, 5) is 12.4. The average Bonchev–Trinajstić information content (AvgIpc) is 3.10. The minimum atomic E-state index is -0.0917. The van der Waals surface area contributed by atoms with Gasteiger partial charge in [-0.1, -0.05) is 13.8 Å². The number of nitrogen functional groups attached to an aromatic ring is 1. The van der Waals surface area contributed by atoms with E-state index in [1.54, 1.807) is 12.1 Å². The van der Waals surface area contributed by atoms with Gasteiger partial charge < -0.3 is 20.5 Å². The van der Waals surface area contributed by atoms with E-state index in [0.29, 0.717) is 41.6 Å². The molecule has 1 aromatic heterocycles. The Hall–Kier alpha value is -2.70. The van der Waals surface area contributed by atoms with E-state index >= 15 is 0 Å². The number of nitrogens with two attached hydrogens (primary N) is 1. The monoisotopic (exact) mass is 358 g/mol. The molecule has 0 unspecified atom stereocenters. The second-order valence-electron chi connectivity index (χ2n) is 7.07. The first-order valence-corrected chi connectivity index (χ1v) is 8.87. The number of benzene rings is 1. The molecule has 0 spiro atoms. The predicted octanol–water partition coefficient (Wildman–Crippen LogP) is 3.04. The van der Waals surface area contributed by atoms with Crippen molar-refractivity contribution in [2.24, 2.45) is 5.92 Å². The number of hydrogen-bond acceptors (Lipinski definition) is 5. The summed E-state index contributed by atoms with van der Waals surface area (Å²) in [6.07, 6.45) is 1.01. The summed E-state index contributed by atoms with van der Waals surface area (Å²) in [6, 6.07) is 3.37. The van der Waals surface area contributed by atoms with Crippen LogP contribution in [-0.2, 0) is 17.8 Å². The fraction of sp³-hybridized carbons (Fsp3) is 0.474. The van der Waals surface area contributed by atoms with Crippen molar-refractivity contribution in [2.45, 2.75) is 47.1 Å². The van der Waals surface area contributed by atoms with E-state index in [-0.39, 0.29) is 12.7 Å². The molecular weight excluding hydrogens is 332 g/mol. The molecule has 0 bridgehead atoms. The lowest BCUT2D eigenvalue weighted by Gasteiger charge is -2.10. The van der Waals surface area contributed by atoms with Crippen molar-refractivity contribution in [1.29, 1.82) is 0 Å². The van der Waals surface area contributed by atoms with E-state index in [1.165, 1.54) is 0 Å². The average molecular weight is 358 g/mol. The van der Waals surface area contributed by atoms with Crippen molar-refractivity contribution in [3.05, 3.63) is 29.1 Å². The van der Waals surface area contributed by atoms with Crippen molar-refractivity contribution in [3.63, 3.8) is 0 Å². The van der Waals surface area contributed by atoms with E-state index in [4.69, 9.17) is 15.2 Å². The summed E-state index contributed by atoms with van der Waals surface area (Å²) in [6.45, 7) is 9.44. The van der Waals surface area contributed by atoms with Gasteiger partial charge in [0, 0.05) is 30.8 Å². The van der Waals surface area contributed by atoms with Crippen LogP contribution in [0.25, 0.3) is 0 Å². The molecule has 2 aromatic rings. The first kappa shape index (κ1) is 18.1. The van der Waals surface area contributed by atoms with E-state index in [9.17, 15) is 4.79 Å². The summed E-state index contributed by atoms with van der Waals surface area (Å²) in [5.41, 5.74) is 10.2. The van der Waals surface area contributed by atoms with Crippen LogP contribution in [0.4, 0.5) is 11.4 Å². The second kappa shape index (κ2) is 7.27. The normalized spacial score (nSPS) is 12.7. The summed E-state index contributed by atoms with van der Waals surface area (Å²) in [7, 11) is 0. The number of hydrogen-bond donors (Lipinski definition) is 2. The summed E-state index contributed by atoms with van der Waals surface area (Å²) >= 11 is 0. The Balaban J connectivity index is 1.64. The van der Waals surface area contributed by atoms with Gasteiger partial charge in [0.1, 0.15) is 0 Å². The van der Waals surface area contributed by atoms with Crippen LogP contribution >= 0.6 is 0 Å². The number of amides is 1. The Labute approximate surface area is 153 Å². The topological polar surface area (TPSA) is 91.4 Å². The minimum Gasteiger partial charge on any atom is -0.454 e. The van der Waals surface area contributed by atoms with Gasteiger partial charge in [0.2, 0.25) is 12.7 Å². The van der Waals surface area contributed by atoms with E-state index in [2.05, 4.69) is 31.2 Å². The summed E-state index contributed by atoms with van der Waals surface area (Å²) in [5.74, 6) is 1.63. The Morgan fingerprint density at radius 1 is 1.31 bits per heavy atom. The SMILES string of the molecule is Cc1nn(CC(C)C)c(C)c1CCC(=O)Nc1cc2c(cc1N)OCO2. The van der Waals surface area contributed by atoms with Crippen LogP contribution in [0, 0.1) is 19.8 Å². The number of nitrogens with zero attached hydrogens (tertiary/aromatic N) is 2. The highest BCUT2D eigenvalue weighted by atomic mass is 16.7. The van der Waals surface area contributed by atoms with Gasteiger partial charge in [-0.2, -0.15) is 5.10 Å². The first-order valence-electron chi connectivity index (χ1n) is 8.87. The standard InChI is InChI=1S/C19H26N4O3/c1-11(2)9-23-13(4)14(12(3)22-23)5-6-19(24)21-16-8-18-17(7-15(16)20)25-10-26-18/h7-8,11H,5-6,9-10,20H2,1-4H3,(H,21,24). The number of carbonyl (C=O) groups excluding carboxylic acids is 1. The number of rotatable bonds is 6. The van der Waals surface area contributed by atoms with Gasteiger partial charge in [-0.05, 0) is 31.7 Å². The molecule has 7 heteroatoms. The lowest BCUT2D eigenvalue weighted by Crippen LogP contribution is -2.14. The van der Waals surface area contributed by atoms with Gasteiger partial charge in [0.25, 0.3) is 0 Å². The number of fused-ring (bicyclic) bond motifs is 1. The third kappa shape index (κ3) is 3.76. The molecule has 3 rings (SSSR count). The molecule has 1 aliphatic heterocycles. The zero-order valence-electron chi connectivity index (χ0n) is 15.8. The number of aryl methyl sites for hydroxylation is 1. The van der Waals surface area contributed by atoms with Crippen LogP contribution in [0.3, 0.4) is 0 Å². The van der Waals surface area contributed by atoms with Gasteiger partial charge in [0.05, 0.1) is 17.1 Å². The molecule has 140 valence electrons. The molecule has 7 nitrogen and oxygen atoms in total. The Morgan fingerprint density at radius 2 is 2.00 bits per heavy atom. The molecule has 2 heterocycles. The zero-order chi connectivity index (χ0) is 18.8. The van der Waals surface area contributed by atoms with Crippen molar-refractivity contribution in [3.8, 4) is 11.5 Å². The number of nitrogens with one attached hydrogen (secondary N) is 1. The van der Waals surface area contributed by atoms with Crippen LogP contribution in [0.2, 0.25) is 0 Å². The molecule has 0 fully saturated rings. The Morgan fingerprint density at radius 3 is 2.69 bits per heavy atom. The lowest BCUT2D eigenvalue weighted by molar-refractivity contribution is -0.116. The minimum absolute atomic E-state index is 0.0917. The van der Waals surface area contributed by atoms with Gasteiger partial charge in [-0.25, -0.2) is 0 Å². The molecular formula is C19H26N4O3. The summed E-state index contributed by atoms with van der Waals surface area (Å²) in [5, 5.41) is 7.46. The third-order valence-corrected chi connectivity index (χ3v) is 4.49. The Bertz CT molecular complexity index is 827. The maximum absolute atomic E-state index is 12.4. The first-order chi connectivity index (χ1) is 12.3. The van der Waals surface area contributed by atoms with Gasteiger partial charge >= 0.3 is 0 Å². The second-order valence-corrected chi connectivity index (χ2v) is 7.07. The quantitative estimate of drug-likeness (QED) is 0.775. The lowest BCUT2D eigenvalue weighted by atomic mass is 10.1. The highest BCUT2D eigenvalue weighted by molar-refractivity contribution is 5.94. The van der Waals surface area contributed by atoms with Crippen LogP contribution in [0.15, 0.2) is 12.1 Å². The number of ether oxygens (including phenoxy) is 2. The van der Waals surface area contributed by atoms with Crippen LogP contribution in [-0.4, -0.2) is 22.5 Å². The number of anilines is 2. The molecule has 0 saturated carbocycles. The highest BCUT2D eigenvalue weighted by Crippen LogP contribution is 2.38. The molecule has 0 aliphatic carbocycles. The largest absolute Gasteiger partial charge is 0.454 e. The van der Waals surface area contributed by atoms with Gasteiger partial charge in [-0.15, -0.1) is 0 Å². The van der Waals surface area contributed by atoms with Crippen molar-refractivity contribution < 1.29 is 14.3 Å². The van der Waals surface area contributed by atoms with Crippen molar-refractivity contribution in [1.82, 2.24) is 9.78 Å². The molecule has 0 saturated heterocycles. The third-order valence-electron chi connectivity index (χ3n) is 4.49. The molecule has 1 aliphatic rings. The zero-order valence-corrected chi connectivity index (χ0v) is 15.8. The molecule has 3 N–H and O–H groups in total. The molecule has 0 radical (unpaired) electrons. The molecule has 26 heavy (non-hydrogen) atoms. The smallest absolute Gasteiger partial charge is 0.231 e. The van der Waals surface area contributed by atoms with Crippen molar-refractivity contribution in [2.75, 3.05) is 17.8 Å². The predicted molar refractivity (Wildman–Crippen MR) is 100 cm³/mol. The maximum atomic E-state index is 12.4. The maximum Gasteiger partial charge on any atom is 0.231 e. The molecule has 0 atom stereocenters. The molecule has 1 aromatic carbocycles. The van der Waals surface area contributed by atoms with Crippen LogP contribution in [0.1, 0.15) is 37.2 Å². The van der Waals surface area contributed by atoms with Crippen molar-refractivity contribution >= 4 is 17.3 Å². The van der Waals surface area contributed by atoms with E-state index in [0.717, 1.165) is 23.5 Å². The number of carbonyl (C=O) groups is 1. The van der Waals surface area contributed by atoms with Crippen LogP contribution < -0.4 is 20.5 Å². The summed E-state index contributed by atoms with van der Waals surface area (Å²) < 4.78 is 12.6. The van der Waals surface area contributed by atoms with Gasteiger partial charge in [0.15, 0.2) is 11.5 Å².